The molecule has 32 heteroatoms. The maximum atomic E-state index is 14.9. The summed E-state index contributed by atoms with van der Waals surface area (Å²) in [7, 11) is 4.22. The normalized spacial score (nSPS) is 17.5. The first-order chi connectivity index (χ1) is 61.3. The van der Waals surface area contributed by atoms with Gasteiger partial charge in [0.2, 0.25) is 5.91 Å². The molecule has 4 aliphatic rings. The Balaban J connectivity index is 0.000000180. The monoisotopic (exact) mass is 1850 g/mol. The first kappa shape index (κ1) is 97.9. The number of methoxy groups -OCH3 is 3. The van der Waals surface area contributed by atoms with Crippen LogP contribution in [0.2, 0.25) is 0 Å². The molecule has 696 valence electrons. The molecular weight excluding hydrogens is 1760 g/mol. The number of aryl methyl sites for hydroxylation is 3. The van der Waals surface area contributed by atoms with Gasteiger partial charge in [-0.1, -0.05) is 100 Å². The molecule has 3 fully saturated rings. The molecule has 0 N–H and O–H groups in total. The summed E-state index contributed by atoms with van der Waals surface area (Å²) >= 11 is 0. The van der Waals surface area contributed by atoms with E-state index in [0.717, 1.165) is 93.8 Å². The number of piperidine rings is 1. The number of benzene rings is 10. The number of Topliss-reactive ketones (excluding diaryl/α,β-unsaturated/α-hetero) is 1. The van der Waals surface area contributed by atoms with Crippen molar-refractivity contribution in [3.63, 3.8) is 0 Å². The van der Waals surface area contributed by atoms with Gasteiger partial charge in [-0.15, -0.1) is 0 Å². The molecule has 1 unspecified atom stereocenters. The van der Waals surface area contributed by atoms with E-state index >= 15 is 0 Å². The fraction of sp³-hybridized carbons (Fsp3) is 0.354. The molecule has 3 saturated heterocycles. The van der Waals surface area contributed by atoms with Crippen molar-refractivity contribution in [2.75, 3.05) is 27.9 Å². The number of fused-ring (bicyclic) bond motifs is 1. The summed E-state index contributed by atoms with van der Waals surface area (Å²) in [5, 5.41) is 0. The first-order valence-corrected chi connectivity index (χ1v) is 41.8. The van der Waals surface area contributed by atoms with Crippen LogP contribution in [-0.4, -0.2) is 78.5 Å². The molecule has 0 spiro atoms. The van der Waals surface area contributed by atoms with Crippen LogP contribution in [0.1, 0.15) is 215 Å². The highest BCUT2D eigenvalue weighted by molar-refractivity contribution is 5.95. The van der Waals surface area contributed by atoms with Gasteiger partial charge in [-0.25, -0.2) is 18.4 Å². The lowest BCUT2D eigenvalue weighted by Gasteiger charge is -2.38. The Labute approximate surface area is 742 Å². The van der Waals surface area contributed by atoms with E-state index in [4.69, 9.17) is 23.7 Å². The van der Waals surface area contributed by atoms with Gasteiger partial charge < -0.3 is 38.4 Å². The third kappa shape index (κ3) is 22.6. The van der Waals surface area contributed by atoms with Gasteiger partial charge in [-0.3, -0.25) is 9.59 Å². The number of alkyl halides is 18. The molecule has 0 saturated carbocycles. The summed E-state index contributed by atoms with van der Waals surface area (Å²) in [6.45, 7) is 13.9. The Morgan fingerprint density at radius 3 is 1.24 bits per heavy atom. The molecule has 3 amide bonds. The van der Waals surface area contributed by atoms with Crippen molar-refractivity contribution in [3.8, 4) is 61.8 Å². The number of rotatable bonds is 19. The molecule has 5 atom stereocenters. The zero-order valence-electron chi connectivity index (χ0n) is 72.6. The van der Waals surface area contributed by atoms with Gasteiger partial charge in [0.15, 0.2) is 5.78 Å². The van der Waals surface area contributed by atoms with Crippen LogP contribution in [0.15, 0.2) is 176 Å². The SMILES string of the molecule is COc1cc(F)c(C(C)C)cc1-c1cc2c(cc1CN1C(=O)O[C@H](c3cc(C(F)(F)F)cc(C(F)(F)F)c3)C[C@@H]1C)CCC2.COc1cc(F)c(C(C)C)cc1-c1ccc(C(F)(F)F)cc1CN1CCC(c2ccccc2)CC1=O.COc1ccc(-c2ccc(C(C)=O)cc2C)cc1-c1ccc(C(F)(F)F)cc1CN1C(=O)O[C@H](c2cc(C(F)(F)F)cc(C(F)(F)F)c2)C[C@@H]1C. The van der Waals surface area contributed by atoms with E-state index in [1.54, 1.807) is 67.3 Å². The molecule has 14 rings (SSSR count). The lowest BCUT2D eigenvalue weighted by Crippen LogP contribution is -2.44. The minimum absolute atomic E-state index is 0.0181. The number of ether oxygens (including phenoxy) is 5. The van der Waals surface area contributed by atoms with Crippen LogP contribution >= 0.6 is 0 Å². The topological polar surface area (TPSA) is 124 Å². The predicted molar refractivity (Wildman–Crippen MR) is 450 cm³/mol. The number of cyclic esters (lactones) is 2. The number of amides is 3. The van der Waals surface area contributed by atoms with Gasteiger partial charge in [0.05, 0.1) is 54.7 Å². The Bertz CT molecular complexity index is 5850. The summed E-state index contributed by atoms with van der Waals surface area (Å²) in [4.78, 5) is 55.7. The molecule has 10 aromatic rings. The maximum absolute atomic E-state index is 14.9. The number of nitrogens with zero attached hydrogens (tertiary/aromatic N) is 3. The number of carbonyl (C=O) groups is 4. The molecule has 3 heterocycles. The highest BCUT2D eigenvalue weighted by atomic mass is 19.4. The fourth-order valence-electron chi connectivity index (χ4n) is 17.0. The molecule has 0 aromatic heterocycles. The fourth-order valence-corrected chi connectivity index (χ4v) is 17.0. The second-order valence-corrected chi connectivity index (χ2v) is 33.6. The molecular formula is C99H91F20N3O9. The lowest BCUT2D eigenvalue weighted by molar-refractivity contribution is -0.145. The minimum Gasteiger partial charge on any atom is -0.496 e. The van der Waals surface area contributed by atoms with E-state index in [9.17, 15) is 107 Å². The van der Waals surface area contributed by atoms with E-state index in [-0.39, 0.29) is 95.7 Å². The number of ketones is 1. The molecule has 1 aliphatic carbocycles. The number of carbonyl (C=O) groups excluding carboxylic acids is 4. The summed E-state index contributed by atoms with van der Waals surface area (Å²) in [6, 6.07) is 37.1. The Morgan fingerprint density at radius 2 is 0.840 bits per heavy atom. The Hall–Kier alpha value is -12.1. The molecule has 10 aromatic carbocycles. The molecule has 3 aliphatic heterocycles. The number of hydrogen-bond acceptors (Lipinski definition) is 9. The zero-order chi connectivity index (χ0) is 95.8. The van der Waals surface area contributed by atoms with Gasteiger partial charge in [-0.2, -0.15) is 79.0 Å². The summed E-state index contributed by atoms with van der Waals surface area (Å²) in [5.41, 5.74) is 2.25. The largest absolute Gasteiger partial charge is 0.496 e. The van der Waals surface area contributed by atoms with Crippen LogP contribution in [0.25, 0.3) is 44.5 Å². The zero-order valence-corrected chi connectivity index (χ0v) is 72.6. The third-order valence-electron chi connectivity index (χ3n) is 24.0. The predicted octanol–water partition coefficient (Wildman–Crippen LogP) is 28.2. The Kier molecular flexibility index (Phi) is 29.0. The van der Waals surface area contributed by atoms with Crippen molar-refractivity contribution < 1.29 is 131 Å². The summed E-state index contributed by atoms with van der Waals surface area (Å²) < 4.78 is 301. The van der Waals surface area contributed by atoms with E-state index in [1.165, 1.54) is 64.3 Å². The van der Waals surface area contributed by atoms with Crippen molar-refractivity contribution in [2.24, 2.45) is 0 Å². The van der Waals surface area contributed by atoms with Crippen LogP contribution < -0.4 is 14.2 Å². The minimum atomic E-state index is -5.12. The van der Waals surface area contributed by atoms with Gasteiger partial charge >= 0.3 is 49.2 Å². The molecule has 12 nitrogen and oxygen atoms in total. The van der Waals surface area contributed by atoms with Crippen molar-refractivity contribution in [1.29, 1.82) is 0 Å². The quantitative estimate of drug-likeness (QED) is 0.0575. The summed E-state index contributed by atoms with van der Waals surface area (Å²) in [5.74, 6) is -0.384. The van der Waals surface area contributed by atoms with Crippen molar-refractivity contribution >= 4 is 23.9 Å². The number of halogens is 20. The second kappa shape index (κ2) is 38.7. The van der Waals surface area contributed by atoms with Gasteiger partial charge in [0.25, 0.3) is 0 Å². The van der Waals surface area contributed by atoms with Crippen molar-refractivity contribution in [3.05, 3.63) is 288 Å². The average Bonchev–Trinajstić information content (AvgIpc) is 1.76. The van der Waals surface area contributed by atoms with E-state index in [1.807, 2.05) is 70.2 Å². The Morgan fingerprint density at radius 1 is 0.427 bits per heavy atom. The van der Waals surface area contributed by atoms with Gasteiger partial charge in [0, 0.05) is 91.9 Å². The molecule has 131 heavy (non-hydrogen) atoms. The van der Waals surface area contributed by atoms with E-state index < -0.39 is 131 Å². The standard InChI is InChI=1S/C37H30F9NO4.C33H32F7NO3.C29H29F4NO2/c1-19-11-22(21(3)48)5-8-29(19)23-6-10-32(50-4)31(16-23)30-9-7-26(35(38,39)40)15-25(30)18-47-20(2)12-33(51-34(47)49)24-13-27(36(41,42)43)17-28(14-24)37(44,45)46;1-17(2)25-14-27(30(43-4)15-28(25)34)26-12-20-7-5-6-19(20)9-22(26)16-41-18(3)8-29(44-31(41)42)21-10-23(32(35,36)37)13-24(11-21)33(38,39)40;1-18(2)24-15-25(27(36-3)16-26(24)30)23-10-9-22(29(31,32)33)13-21(23)17-34-12-11-20(14-28(34)35)19-7-5-4-6-8-19/h5-11,13-17,20,33H,12,18H2,1-4H3;9-15,17-18,29H,5-8,16H2,1-4H3;4-10,13,15-16,18,20H,11-12,14,17H2,1-3H3/t20-,33-;18-,29-;/m00./s1. The summed E-state index contributed by atoms with van der Waals surface area (Å²) in [6.07, 6.45) is -31.0. The lowest BCUT2D eigenvalue weighted by atomic mass is 9.88. The second-order valence-electron chi connectivity index (χ2n) is 33.6. The van der Waals surface area contributed by atoms with Crippen LogP contribution in [0.5, 0.6) is 17.2 Å². The van der Waals surface area contributed by atoms with E-state index in [0.29, 0.717) is 93.1 Å². The van der Waals surface area contributed by atoms with Gasteiger partial charge in [-0.05, 0) is 251 Å². The first-order valence-electron chi connectivity index (χ1n) is 41.8. The smallest absolute Gasteiger partial charge is 0.416 e. The third-order valence-corrected chi connectivity index (χ3v) is 24.0. The van der Waals surface area contributed by atoms with E-state index in [2.05, 4.69) is 0 Å². The van der Waals surface area contributed by atoms with Crippen LogP contribution in [0, 0.1) is 18.6 Å². The highest BCUT2D eigenvalue weighted by Crippen LogP contribution is 2.49. The maximum Gasteiger partial charge on any atom is 0.416 e. The number of likely N-dealkylation sites (tertiary alicyclic amines) is 1. The van der Waals surface area contributed by atoms with Crippen molar-refractivity contribution in [2.45, 2.75) is 199 Å². The van der Waals surface area contributed by atoms with Crippen LogP contribution in [-0.2, 0) is 83.8 Å². The van der Waals surface area contributed by atoms with Gasteiger partial charge in [0.1, 0.15) is 41.1 Å². The molecule has 0 bridgehead atoms. The van der Waals surface area contributed by atoms with Crippen LogP contribution in [0.3, 0.4) is 0 Å². The number of hydrogen-bond donors (Lipinski definition) is 0. The van der Waals surface area contributed by atoms with Crippen LogP contribution in [0.4, 0.5) is 97.4 Å². The highest BCUT2D eigenvalue weighted by Gasteiger charge is 2.45. The molecule has 0 radical (unpaired) electrons. The average molecular weight is 1850 g/mol. The van der Waals surface area contributed by atoms with Crippen molar-refractivity contribution in [1.82, 2.24) is 14.7 Å².